The Labute approximate surface area is 176 Å². The van der Waals surface area contributed by atoms with E-state index in [-0.39, 0.29) is 30.7 Å². The maximum atomic E-state index is 14.6. The van der Waals surface area contributed by atoms with Gasteiger partial charge in [0, 0.05) is 37.7 Å². The molecule has 1 aromatic heterocycles. The van der Waals surface area contributed by atoms with Gasteiger partial charge in [-0.15, -0.1) is 0 Å². The minimum absolute atomic E-state index is 0.0242. The van der Waals surface area contributed by atoms with Crippen LogP contribution in [0.3, 0.4) is 0 Å². The Morgan fingerprint density at radius 1 is 1.17 bits per heavy atom. The smallest absolute Gasteiger partial charge is 0.263 e. The molecule has 3 fully saturated rings. The van der Waals surface area contributed by atoms with Crippen LogP contribution in [-0.2, 0) is 9.59 Å². The zero-order chi connectivity index (χ0) is 21.3. The molecule has 4 rings (SSSR count). The Balaban J connectivity index is 1.31. The van der Waals surface area contributed by atoms with Crippen molar-refractivity contribution in [2.45, 2.75) is 44.1 Å². The fourth-order valence-corrected chi connectivity index (χ4v) is 4.99. The lowest BCUT2D eigenvalue weighted by Crippen LogP contribution is -2.52. The first-order chi connectivity index (χ1) is 14.4. The quantitative estimate of drug-likeness (QED) is 0.499. The number of carbonyl (C=O) groups excluding carboxylic acids is 2. The first-order valence-electron chi connectivity index (χ1n) is 10.7. The third-order valence-electron chi connectivity index (χ3n) is 6.70. The molecule has 0 aliphatic carbocycles. The molecule has 30 heavy (non-hydrogen) atoms. The van der Waals surface area contributed by atoms with E-state index in [9.17, 15) is 18.4 Å². The Hall–Kier alpha value is -2.10. The number of halogens is 2. The Morgan fingerprint density at radius 2 is 1.93 bits per heavy atom. The summed E-state index contributed by atoms with van der Waals surface area (Å²) in [6.07, 6.45) is 4.81. The highest BCUT2D eigenvalue weighted by Gasteiger charge is 2.48. The number of nitrogens with one attached hydrogen (secondary N) is 3. The van der Waals surface area contributed by atoms with Crippen LogP contribution in [0.4, 0.5) is 20.3 Å². The highest BCUT2D eigenvalue weighted by molar-refractivity contribution is 6.08. The van der Waals surface area contributed by atoms with Crippen LogP contribution in [0.25, 0.3) is 0 Å². The van der Waals surface area contributed by atoms with Gasteiger partial charge in [-0.2, -0.15) is 0 Å². The van der Waals surface area contributed by atoms with Gasteiger partial charge in [-0.05, 0) is 44.6 Å². The molecule has 3 aliphatic rings. The van der Waals surface area contributed by atoms with Crippen molar-refractivity contribution in [2.24, 2.45) is 11.8 Å². The lowest BCUT2D eigenvalue weighted by atomic mass is 9.76. The zero-order valence-corrected chi connectivity index (χ0v) is 17.0. The third-order valence-corrected chi connectivity index (χ3v) is 6.70. The Bertz CT molecular complexity index is 781. The molecule has 3 aliphatic heterocycles. The summed E-state index contributed by atoms with van der Waals surface area (Å²) in [5, 5.41) is 5.46. The number of imide groups is 1. The molecule has 1 aromatic rings. The molecular weight excluding hydrogens is 391 g/mol. The van der Waals surface area contributed by atoms with Crippen LogP contribution in [-0.4, -0.2) is 74.1 Å². The number of piperidine rings is 3. The number of likely N-dealkylation sites (tertiary alicyclic amines) is 1. The van der Waals surface area contributed by atoms with E-state index < -0.39 is 17.9 Å². The highest BCUT2D eigenvalue weighted by atomic mass is 19.3. The number of aromatic amines is 1. The Kier molecular flexibility index (Phi) is 6.04. The minimum Gasteiger partial charge on any atom is -0.370 e. The fourth-order valence-electron chi connectivity index (χ4n) is 4.99. The maximum Gasteiger partial charge on any atom is 0.263 e. The van der Waals surface area contributed by atoms with Gasteiger partial charge >= 0.3 is 0 Å². The van der Waals surface area contributed by atoms with Crippen molar-refractivity contribution in [3.63, 3.8) is 0 Å². The van der Waals surface area contributed by atoms with E-state index in [0.29, 0.717) is 31.6 Å². The number of rotatable bonds is 5. The molecule has 162 valence electrons. The van der Waals surface area contributed by atoms with E-state index in [2.05, 4.69) is 20.5 Å². The SMILES string of the molecule is [B]CN1CCC(C2CCN(c3c[nH]c(NC4CCC(=O)NC4=O)c3)CC2)C(F)(F)C1. The summed E-state index contributed by atoms with van der Waals surface area (Å²) in [4.78, 5) is 30.1. The van der Waals surface area contributed by atoms with Gasteiger partial charge in [0.25, 0.3) is 5.92 Å². The number of alkyl halides is 2. The predicted octanol–water partition coefficient (Wildman–Crippen LogP) is 1.53. The summed E-state index contributed by atoms with van der Waals surface area (Å²) in [6.45, 7) is 1.87. The summed E-state index contributed by atoms with van der Waals surface area (Å²) in [7, 11) is 5.55. The van der Waals surface area contributed by atoms with Crippen molar-refractivity contribution in [3.8, 4) is 0 Å². The van der Waals surface area contributed by atoms with Gasteiger partial charge in [0.05, 0.1) is 20.1 Å². The van der Waals surface area contributed by atoms with Crippen LogP contribution >= 0.6 is 0 Å². The number of nitrogens with zero attached hydrogens (tertiary/aromatic N) is 2. The van der Waals surface area contributed by atoms with E-state index in [4.69, 9.17) is 7.85 Å². The minimum atomic E-state index is -2.68. The zero-order valence-electron chi connectivity index (χ0n) is 17.0. The number of hydrogen-bond donors (Lipinski definition) is 3. The van der Waals surface area contributed by atoms with Crippen molar-refractivity contribution in [1.82, 2.24) is 15.2 Å². The standard InChI is InChI=1S/C20H28BF2N5O2/c21-12-27-6-5-15(20(22,23)11-27)13-3-7-28(8-4-13)14-9-17(24-10-14)25-16-1-2-18(29)26-19(16)30/h9-10,13,15-16,24-25H,1-8,11-12H2,(H,26,29,30). The van der Waals surface area contributed by atoms with E-state index >= 15 is 0 Å². The van der Waals surface area contributed by atoms with Crippen molar-refractivity contribution >= 4 is 31.2 Å². The van der Waals surface area contributed by atoms with Crippen LogP contribution in [0, 0.1) is 11.8 Å². The maximum absolute atomic E-state index is 14.6. The molecular formula is C20H28BF2N5O2. The molecule has 2 unspecified atom stereocenters. The second-order valence-electron chi connectivity index (χ2n) is 8.64. The third kappa shape index (κ3) is 4.48. The van der Waals surface area contributed by atoms with Crippen molar-refractivity contribution in [2.75, 3.05) is 42.8 Å². The average molecular weight is 419 g/mol. The van der Waals surface area contributed by atoms with Gasteiger partial charge in [0.1, 0.15) is 11.9 Å². The van der Waals surface area contributed by atoms with Crippen molar-refractivity contribution in [1.29, 1.82) is 0 Å². The van der Waals surface area contributed by atoms with Crippen LogP contribution < -0.4 is 15.5 Å². The normalized spacial score (nSPS) is 28.4. The molecule has 2 atom stereocenters. The molecule has 7 nitrogen and oxygen atoms in total. The van der Waals surface area contributed by atoms with E-state index in [1.165, 1.54) is 0 Å². The summed E-state index contributed by atoms with van der Waals surface area (Å²) >= 11 is 0. The Morgan fingerprint density at radius 3 is 2.60 bits per heavy atom. The van der Waals surface area contributed by atoms with Gasteiger partial charge in [-0.1, -0.05) is 0 Å². The molecule has 0 bridgehead atoms. The second-order valence-corrected chi connectivity index (χ2v) is 8.64. The van der Waals surface area contributed by atoms with Gasteiger partial charge in [-0.25, -0.2) is 8.78 Å². The molecule has 0 saturated carbocycles. The van der Waals surface area contributed by atoms with E-state index in [1.54, 1.807) is 4.90 Å². The summed E-state index contributed by atoms with van der Waals surface area (Å²) in [6, 6.07) is 1.49. The largest absolute Gasteiger partial charge is 0.370 e. The number of aromatic nitrogens is 1. The van der Waals surface area contributed by atoms with Gasteiger partial charge in [0.15, 0.2) is 0 Å². The van der Waals surface area contributed by atoms with E-state index in [1.807, 2.05) is 12.3 Å². The highest BCUT2D eigenvalue weighted by Crippen LogP contribution is 2.42. The lowest BCUT2D eigenvalue weighted by molar-refractivity contribution is -0.133. The summed E-state index contributed by atoms with van der Waals surface area (Å²) in [5.41, 5.74) is 0.980. The number of carbonyl (C=O) groups is 2. The number of H-pyrrole nitrogens is 1. The summed E-state index contributed by atoms with van der Waals surface area (Å²) < 4.78 is 29.2. The monoisotopic (exact) mass is 419 g/mol. The molecule has 10 heteroatoms. The molecule has 4 heterocycles. The first kappa shape index (κ1) is 21.1. The van der Waals surface area contributed by atoms with Gasteiger partial charge in [-0.3, -0.25) is 14.9 Å². The van der Waals surface area contributed by atoms with E-state index in [0.717, 1.165) is 31.6 Å². The first-order valence-corrected chi connectivity index (χ1v) is 10.7. The molecule has 0 spiro atoms. The number of amides is 2. The van der Waals surface area contributed by atoms with Gasteiger partial charge < -0.3 is 20.1 Å². The average Bonchev–Trinajstić information content (AvgIpc) is 3.18. The fraction of sp³-hybridized carbons (Fsp3) is 0.700. The number of anilines is 2. The van der Waals surface area contributed by atoms with Crippen LogP contribution in [0.1, 0.15) is 32.1 Å². The van der Waals surface area contributed by atoms with Gasteiger partial charge in [0.2, 0.25) is 11.8 Å². The molecule has 0 aromatic carbocycles. The number of hydrogen-bond acceptors (Lipinski definition) is 5. The van der Waals surface area contributed by atoms with Crippen LogP contribution in [0.5, 0.6) is 0 Å². The molecule has 2 radical (unpaired) electrons. The van der Waals surface area contributed by atoms with Crippen LogP contribution in [0.2, 0.25) is 0 Å². The molecule has 2 amide bonds. The second kappa shape index (κ2) is 8.57. The van der Waals surface area contributed by atoms with Crippen molar-refractivity contribution in [3.05, 3.63) is 12.3 Å². The molecule has 3 N–H and O–H groups in total. The molecule has 3 saturated heterocycles. The van der Waals surface area contributed by atoms with Crippen molar-refractivity contribution < 1.29 is 18.4 Å². The lowest BCUT2D eigenvalue weighted by Gasteiger charge is -2.44. The topological polar surface area (TPSA) is 80.5 Å². The summed E-state index contributed by atoms with van der Waals surface area (Å²) in [5.74, 6) is -3.08. The predicted molar refractivity (Wildman–Crippen MR) is 111 cm³/mol. The van der Waals surface area contributed by atoms with Crippen LogP contribution in [0.15, 0.2) is 12.3 Å².